The number of allylic oxidation sites excluding steroid dienone is 4. The summed E-state index contributed by atoms with van der Waals surface area (Å²) in [7, 11) is 0. The van der Waals surface area contributed by atoms with E-state index in [0.717, 1.165) is 12.3 Å². The smallest absolute Gasteiger partial charge is 0.00701 e. The maximum atomic E-state index is 2.51. The Morgan fingerprint density at radius 2 is 1.85 bits per heavy atom. The van der Waals surface area contributed by atoms with E-state index >= 15 is 0 Å². The van der Waals surface area contributed by atoms with Gasteiger partial charge in [-0.15, -0.1) is 0 Å². The zero-order valence-electron chi connectivity index (χ0n) is 17.7. The average molecular weight is 351 g/mol. The van der Waals surface area contributed by atoms with E-state index in [4.69, 9.17) is 0 Å². The van der Waals surface area contributed by atoms with E-state index in [1.165, 1.54) is 56.1 Å². The lowest BCUT2D eigenvalue weighted by Gasteiger charge is -2.42. The quantitative estimate of drug-likeness (QED) is 0.493. The van der Waals surface area contributed by atoms with Crippen molar-refractivity contribution >= 4 is 0 Å². The number of rotatable bonds is 6. The topological polar surface area (TPSA) is 0 Å². The summed E-state index contributed by atoms with van der Waals surface area (Å²) in [6.07, 6.45) is 15.4. The second kappa shape index (κ2) is 7.75. The van der Waals surface area contributed by atoms with Gasteiger partial charge in [0.2, 0.25) is 0 Å². The van der Waals surface area contributed by atoms with Gasteiger partial charge in [-0.2, -0.15) is 0 Å². The van der Waals surface area contributed by atoms with Gasteiger partial charge in [0.15, 0.2) is 0 Å². The molecule has 0 aliphatic heterocycles. The van der Waals surface area contributed by atoms with E-state index in [0.29, 0.717) is 5.41 Å². The lowest BCUT2D eigenvalue weighted by molar-refractivity contribution is 0.286. The van der Waals surface area contributed by atoms with Gasteiger partial charge in [0, 0.05) is 0 Å². The minimum Gasteiger partial charge on any atom is -0.0805 e. The molecule has 0 amide bonds. The van der Waals surface area contributed by atoms with Crippen molar-refractivity contribution in [3.63, 3.8) is 0 Å². The first kappa shape index (κ1) is 19.5. The summed E-state index contributed by atoms with van der Waals surface area (Å²) < 4.78 is 0. The fraction of sp³-hybridized carbons (Fsp3) is 0.615. The highest BCUT2D eigenvalue weighted by molar-refractivity contribution is 5.36. The van der Waals surface area contributed by atoms with Gasteiger partial charge < -0.3 is 0 Å². The molecule has 0 heteroatoms. The van der Waals surface area contributed by atoms with Gasteiger partial charge in [-0.3, -0.25) is 0 Å². The number of hydrogen-bond donors (Lipinski definition) is 0. The first-order valence-corrected chi connectivity index (χ1v) is 10.8. The molecule has 3 rings (SSSR count). The fourth-order valence-corrected chi connectivity index (χ4v) is 4.85. The molecule has 0 N–H and O–H groups in total. The third kappa shape index (κ3) is 4.51. The first-order valence-electron chi connectivity index (χ1n) is 10.8. The molecule has 1 aromatic rings. The highest BCUT2D eigenvalue weighted by atomic mass is 14.4. The van der Waals surface area contributed by atoms with Crippen LogP contribution < -0.4 is 0 Å². The first-order chi connectivity index (χ1) is 12.3. The lowest BCUT2D eigenvalue weighted by atomic mass is 9.63. The predicted octanol–water partition coefficient (Wildman–Crippen LogP) is 7.68. The van der Waals surface area contributed by atoms with Crippen LogP contribution in [-0.2, 0) is 12.8 Å². The van der Waals surface area contributed by atoms with Crippen LogP contribution in [0.25, 0.3) is 0 Å². The van der Waals surface area contributed by atoms with Crippen LogP contribution in [0.1, 0.15) is 84.3 Å². The van der Waals surface area contributed by atoms with E-state index < -0.39 is 0 Å². The molecule has 2 aliphatic carbocycles. The molecule has 2 aliphatic rings. The molecule has 1 unspecified atom stereocenters. The van der Waals surface area contributed by atoms with Crippen molar-refractivity contribution in [3.05, 3.63) is 58.7 Å². The van der Waals surface area contributed by atoms with Gasteiger partial charge in [0.05, 0.1) is 0 Å². The zero-order chi connectivity index (χ0) is 18.8. The van der Waals surface area contributed by atoms with Gasteiger partial charge in [-0.1, -0.05) is 101 Å². The molecule has 1 fully saturated rings. The Bertz CT molecular complexity index is 678. The molecule has 26 heavy (non-hydrogen) atoms. The molecule has 0 bridgehead atoms. The van der Waals surface area contributed by atoms with Crippen molar-refractivity contribution in [2.24, 2.45) is 16.7 Å². The Morgan fingerprint density at radius 1 is 1.12 bits per heavy atom. The van der Waals surface area contributed by atoms with Crippen LogP contribution in [0.4, 0.5) is 0 Å². The highest BCUT2D eigenvalue weighted by Gasteiger charge is 2.36. The molecule has 0 radical (unpaired) electrons. The summed E-state index contributed by atoms with van der Waals surface area (Å²) >= 11 is 0. The van der Waals surface area contributed by atoms with Gasteiger partial charge in [0.25, 0.3) is 0 Å². The second-order valence-electron chi connectivity index (χ2n) is 10.0. The highest BCUT2D eigenvalue weighted by Crippen LogP contribution is 2.48. The zero-order valence-corrected chi connectivity index (χ0v) is 17.7. The van der Waals surface area contributed by atoms with Gasteiger partial charge >= 0.3 is 0 Å². The maximum absolute atomic E-state index is 2.51. The van der Waals surface area contributed by atoms with Crippen molar-refractivity contribution in [3.8, 4) is 0 Å². The Kier molecular flexibility index (Phi) is 5.80. The molecule has 0 aromatic heterocycles. The molecular weight excluding hydrogens is 312 g/mol. The third-order valence-corrected chi connectivity index (χ3v) is 6.72. The summed E-state index contributed by atoms with van der Waals surface area (Å²) in [5.74, 6) is 0.953. The van der Waals surface area contributed by atoms with Crippen molar-refractivity contribution < 1.29 is 0 Å². The third-order valence-electron chi connectivity index (χ3n) is 6.72. The number of hydrogen-bond acceptors (Lipinski definition) is 0. The van der Waals surface area contributed by atoms with Crippen LogP contribution in [0.5, 0.6) is 0 Å². The van der Waals surface area contributed by atoms with E-state index in [1.807, 2.05) is 0 Å². The molecule has 0 heterocycles. The minimum atomic E-state index is 0.246. The molecule has 0 nitrogen and oxygen atoms in total. The summed E-state index contributed by atoms with van der Waals surface area (Å²) in [5.41, 5.74) is 6.79. The largest absolute Gasteiger partial charge is 0.0805 e. The Morgan fingerprint density at radius 3 is 2.46 bits per heavy atom. The van der Waals surface area contributed by atoms with Crippen LogP contribution >= 0.6 is 0 Å². The van der Waals surface area contributed by atoms with E-state index in [-0.39, 0.29) is 5.41 Å². The van der Waals surface area contributed by atoms with Crippen LogP contribution in [0, 0.1) is 16.7 Å². The normalized spacial score (nSPS) is 24.0. The Labute approximate surface area is 161 Å². The molecule has 142 valence electrons. The molecule has 1 aromatic carbocycles. The van der Waals surface area contributed by atoms with Crippen molar-refractivity contribution in [1.29, 1.82) is 0 Å². The molecule has 0 saturated heterocycles. The van der Waals surface area contributed by atoms with Crippen molar-refractivity contribution in [2.45, 2.75) is 86.0 Å². The van der Waals surface area contributed by atoms with E-state index in [1.54, 1.807) is 11.1 Å². The second-order valence-corrected chi connectivity index (χ2v) is 10.0. The summed E-state index contributed by atoms with van der Waals surface area (Å²) in [6.45, 7) is 11.9. The predicted molar refractivity (Wildman–Crippen MR) is 114 cm³/mol. The maximum Gasteiger partial charge on any atom is -0.00701 e. The monoisotopic (exact) mass is 350 g/mol. The summed E-state index contributed by atoms with van der Waals surface area (Å²) in [6, 6.07) is 9.44. The van der Waals surface area contributed by atoms with E-state index in [2.05, 4.69) is 71.0 Å². The lowest BCUT2D eigenvalue weighted by Crippen LogP contribution is -2.30. The number of aryl methyl sites for hydroxylation is 1. The standard InChI is InChI=1S/C26H38/c1-6-20-13-15-26(5,24(19-20)25(2,3)4)16-14-22-11-8-12-23(18-22)17-21-9-7-10-21/h8,11-13,18-19,21H,6-7,9-10,14-17H2,1-5H3. The van der Waals surface area contributed by atoms with Crippen LogP contribution in [0.15, 0.2) is 47.6 Å². The van der Waals surface area contributed by atoms with Crippen LogP contribution in [-0.4, -0.2) is 0 Å². The van der Waals surface area contributed by atoms with Crippen molar-refractivity contribution in [2.75, 3.05) is 0 Å². The molecule has 1 atom stereocenters. The molecule has 0 spiro atoms. The van der Waals surface area contributed by atoms with Gasteiger partial charge in [-0.05, 0) is 60.0 Å². The SMILES string of the molecule is CCC1=CCC(C)(CCc2cccc(CC3CCC3)c2)C(C(C)(C)C)=C1. The van der Waals surface area contributed by atoms with Gasteiger partial charge in [-0.25, -0.2) is 0 Å². The molecule has 1 saturated carbocycles. The fourth-order valence-electron chi connectivity index (χ4n) is 4.85. The number of benzene rings is 1. The van der Waals surface area contributed by atoms with Crippen LogP contribution in [0.3, 0.4) is 0 Å². The van der Waals surface area contributed by atoms with Gasteiger partial charge in [0.1, 0.15) is 0 Å². The van der Waals surface area contributed by atoms with E-state index in [9.17, 15) is 0 Å². The average Bonchev–Trinajstić information content (AvgIpc) is 2.56. The van der Waals surface area contributed by atoms with Crippen molar-refractivity contribution in [1.82, 2.24) is 0 Å². The summed E-state index contributed by atoms with van der Waals surface area (Å²) in [5, 5.41) is 0. The Hall–Kier alpha value is -1.30. The minimum absolute atomic E-state index is 0.246. The Balaban J connectivity index is 1.70. The summed E-state index contributed by atoms with van der Waals surface area (Å²) in [4.78, 5) is 0. The van der Waals surface area contributed by atoms with Crippen LogP contribution in [0.2, 0.25) is 0 Å². The molecular formula is C26H38.